The van der Waals surface area contributed by atoms with Crippen LogP contribution in [0.3, 0.4) is 0 Å². The van der Waals surface area contributed by atoms with Crippen molar-refractivity contribution >= 4 is 29.1 Å². The molecule has 0 unspecified atom stereocenters. The summed E-state index contributed by atoms with van der Waals surface area (Å²) in [6, 6.07) is 42.6. The number of hydrogen-bond acceptors (Lipinski definition) is 11. The van der Waals surface area contributed by atoms with Crippen LogP contribution in [-0.2, 0) is 18.9 Å². The lowest BCUT2D eigenvalue weighted by Crippen LogP contribution is -2.43. The number of ether oxygens (including phenoxy) is 4. The van der Waals surface area contributed by atoms with Gasteiger partial charge in [0.15, 0.2) is 29.6 Å². The van der Waals surface area contributed by atoms with Crippen molar-refractivity contribution < 1.29 is 33.3 Å². The highest BCUT2D eigenvalue weighted by Gasteiger charge is 2.52. The van der Waals surface area contributed by atoms with Crippen LogP contribution in [0.2, 0.25) is 0 Å². The Bertz CT molecular complexity index is 2670. The normalized spacial score (nSPS) is 17.5. The molecular formula is C44H32N4O9. The van der Waals surface area contributed by atoms with Crippen LogP contribution in [0.1, 0.15) is 37.3 Å². The van der Waals surface area contributed by atoms with Gasteiger partial charge in [-0.3, -0.25) is 9.78 Å². The van der Waals surface area contributed by atoms with E-state index in [4.69, 9.17) is 28.9 Å². The molecule has 0 radical (unpaired) electrons. The molecule has 0 amide bonds. The minimum atomic E-state index is -1.60. The van der Waals surface area contributed by atoms with Crippen molar-refractivity contribution in [1.29, 1.82) is 0 Å². The van der Waals surface area contributed by atoms with E-state index in [1.165, 1.54) is 24.3 Å². The largest absolute Gasteiger partial charge is 0.459 e. The summed E-state index contributed by atoms with van der Waals surface area (Å²) in [5, 5.41) is 0. The van der Waals surface area contributed by atoms with Crippen LogP contribution in [0.5, 0.6) is 0 Å². The molecule has 1 aliphatic heterocycles. The molecule has 0 saturated carbocycles. The predicted molar refractivity (Wildman–Crippen MR) is 207 cm³/mol. The van der Waals surface area contributed by atoms with Crippen LogP contribution < -0.4 is 11.2 Å². The molecular weight excluding hydrogens is 729 g/mol. The molecule has 1 N–H and O–H groups in total. The Balaban J connectivity index is 1.29. The maximum absolute atomic E-state index is 14.1. The molecule has 0 spiro atoms. The second-order valence-corrected chi connectivity index (χ2v) is 13.0. The molecule has 1 aliphatic rings. The van der Waals surface area contributed by atoms with Gasteiger partial charge in [0.25, 0.3) is 5.56 Å². The second-order valence-electron chi connectivity index (χ2n) is 13.0. The zero-order valence-electron chi connectivity index (χ0n) is 30.0. The number of hydrogen-bond donors (Lipinski definition) is 1. The first-order valence-electron chi connectivity index (χ1n) is 17.9. The number of nitrogens with one attached hydrogen (secondary N) is 1. The summed E-state index contributed by atoms with van der Waals surface area (Å²) in [4.78, 5) is 80.2. The van der Waals surface area contributed by atoms with E-state index in [-0.39, 0.29) is 27.9 Å². The molecule has 7 aromatic rings. The molecule has 2 aromatic heterocycles. The topological polar surface area (TPSA) is 169 Å². The van der Waals surface area contributed by atoms with E-state index in [1.54, 1.807) is 66.7 Å². The van der Waals surface area contributed by atoms with Crippen molar-refractivity contribution in [2.45, 2.75) is 24.5 Å². The number of fused-ring (bicyclic) bond motifs is 1. The highest BCUT2D eigenvalue weighted by molar-refractivity contribution is 5.91. The van der Waals surface area contributed by atoms with Crippen molar-refractivity contribution in [2.75, 3.05) is 6.61 Å². The van der Waals surface area contributed by atoms with E-state index in [0.29, 0.717) is 22.5 Å². The number of rotatable bonds is 10. The fraction of sp³-hybridized carbons (Fsp3) is 0.114. The van der Waals surface area contributed by atoms with E-state index >= 15 is 0 Å². The van der Waals surface area contributed by atoms with Gasteiger partial charge in [-0.15, -0.1) is 0 Å². The standard InChI is InChI=1S/C44H32N4O9/c49-39-35-38(46-34(28-18-8-2-9-19-28)33(45-35)27-16-6-1-7-17-27)48(44(53)47-39)40-37(57-43(52)31-24-14-5-15-25-31)36(56-42(51)30-22-12-4-13-23-30)32(55-40)26-54-41(50)29-20-10-3-11-21-29/h1-25,32,36-37,40H,26H2,(H,47,49,53)/t32-,36-,37-,40-/m1/s1. The van der Waals surface area contributed by atoms with Gasteiger partial charge < -0.3 is 18.9 Å². The van der Waals surface area contributed by atoms with Crippen LogP contribution in [0.15, 0.2) is 161 Å². The van der Waals surface area contributed by atoms with Crippen LogP contribution in [0, 0.1) is 0 Å². The molecule has 13 nitrogen and oxygen atoms in total. The summed E-state index contributed by atoms with van der Waals surface area (Å²) < 4.78 is 25.3. The second kappa shape index (κ2) is 16.1. The molecule has 282 valence electrons. The summed E-state index contributed by atoms with van der Waals surface area (Å²) in [5.74, 6) is -2.34. The summed E-state index contributed by atoms with van der Waals surface area (Å²) in [6.07, 6.45) is -5.92. The SMILES string of the molecule is O=C(OC[C@H]1O[C@@H](n2c(=O)[nH]c(=O)c3nc(-c4ccccc4)c(-c4ccccc4)nc32)[C@H](OC(=O)c2ccccc2)[C@@H]1OC(=O)c1ccccc1)c1ccccc1. The summed E-state index contributed by atoms with van der Waals surface area (Å²) in [7, 11) is 0. The van der Waals surface area contributed by atoms with Gasteiger partial charge in [-0.25, -0.2) is 33.7 Å². The lowest BCUT2D eigenvalue weighted by Gasteiger charge is -2.25. The summed E-state index contributed by atoms with van der Waals surface area (Å²) in [6.45, 7) is -0.495. The van der Waals surface area contributed by atoms with Gasteiger partial charge in [0.1, 0.15) is 12.7 Å². The van der Waals surface area contributed by atoms with Crippen LogP contribution in [0.4, 0.5) is 0 Å². The lowest BCUT2D eigenvalue weighted by atomic mass is 10.0. The van der Waals surface area contributed by atoms with Gasteiger partial charge >= 0.3 is 23.6 Å². The molecule has 1 saturated heterocycles. The number of nitrogens with zero attached hydrogens (tertiary/aromatic N) is 3. The maximum Gasteiger partial charge on any atom is 0.338 e. The first kappa shape index (κ1) is 36.5. The fourth-order valence-corrected chi connectivity index (χ4v) is 6.56. The molecule has 0 aliphatic carbocycles. The van der Waals surface area contributed by atoms with E-state index in [0.717, 1.165) is 4.57 Å². The maximum atomic E-state index is 14.1. The zero-order valence-corrected chi connectivity index (χ0v) is 30.0. The molecule has 57 heavy (non-hydrogen) atoms. The monoisotopic (exact) mass is 760 g/mol. The first-order valence-corrected chi connectivity index (χ1v) is 17.9. The molecule has 0 bridgehead atoms. The van der Waals surface area contributed by atoms with Gasteiger partial charge in [0.2, 0.25) is 0 Å². The fourth-order valence-electron chi connectivity index (χ4n) is 6.56. The van der Waals surface area contributed by atoms with Gasteiger partial charge in [-0.05, 0) is 36.4 Å². The quantitative estimate of drug-likeness (QED) is 0.128. The van der Waals surface area contributed by atoms with E-state index in [9.17, 15) is 24.0 Å². The number of aromatic nitrogens is 4. The summed E-state index contributed by atoms with van der Waals surface area (Å²) in [5.41, 5.74) is 0.332. The van der Waals surface area contributed by atoms with Gasteiger partial charge in [0, 0.05) is 11.1 Å². The zero-order chi connectivity index (χ0) is 39.3. The average molecular weight is 761 g/mol. The Morgan fingerprint density at radius 3 is 1.53 bits per heavy atom. The van der Waals surface area contributed by atoms with E-state index in [2.05, 4.69) is 4.98 Å². The third-order valence-corrected chi connectivity index (χ3v) is 9.29. The Labute approximate surface area is 324 Å². The third-order valence-electron chi connectivity index (χ3n) is 9.29. The molecule has 13 heteroatoms. The van der Waals surface area contributed by atoms with Gasteiger partial charge in [0.05, 0.1) is 28.1 Å². The van der Waals surface area contributed by atoms with Crippen molar-refractivity contribution in [3.63, 3.8) is 0 Å². The van der Waals surface area contributed by atoms with E-state index < -0.39 is 60.3 Å². The lowest BCUT2D eigenvalue weighted by molar-refractivity contribution is -0.0623. The van der Waals surface area contributed by atoms with Crippen LogP contribution in [0.25, 0.3) is 33.7 Å². The van der Waals surface area contributed by atoms with Crippen molar-refractivity contribution in [3.8, 4) is 22.5 Å². The minimum absolute atomic E-state index is 0.153. The Kier molecular flexibility index (Phi) is 10.3. The van der Waals surface area contributed by atoms with Crippen molar-refractivity contribution in [1.82, 2.24) is 19.5 Å². The highest BCUT2D eigenvalue weighted by atomic mass is 16.7. The third kappa shape index (κ3) is 7.59. The average Bonchev–Trinajstić information content (AvgIpc) is 3.58. The van der Waals surface area contributed by atoms with Gasteiger partial charge in [-0.1, -0.05) is 115 Å². The predicted octanol–water partition coefficient (Wildman–Crippen LogP) is 6.02. The van der Waals surface area contributed by atoms with E-state index in [1.807, 2.05) is 60.7 Å². The van der Waals surface area contributed by atoms with Crippen molar-refractivity contribution in [2.24, 2.45) is 0 Å². The first-order chi connectivity index (χ1) is 27.9. The summed E-state index contributed by atoms with van der Waals surface area (Å²) >= 11 is 0. The van der Waals surface area contributed by atoms with Gasteiger partial charge in [-0.2, -0.15) is 0 Å². The smallest absolute Gasteiger partial charge is 0.338 e. The Morgan fingerprint density at radius 2 is 1.02 bits per heavy atom. The van der Waals surface area contributed by atoms with Crippen LogP contribution >= 0.6 is 0 Å². The molecule has 5 aromatic carbocycles. The number of esters is 3. The van der Waals surface area contributed by atoms with Crippen molar-refractivity contribution in [3.05, 3.63) is 189 Å². The number of carbonyl (C=O) groups is 3. The minimum Gasteiger partial charge on any atom is -0.459 e. The molecule has 3 heterocycles. The molecule has 4 atom stereocenters. The molecule has 1 fully saturated rings. The van der Waals surface area contributed by atoms with Crippen LogP contribution in [-0.4, -0.2) is 62.3 Å². The Hall–Kier alpha value is -7.51. The highest BCUT2D eigenvalue weighted by Crippen LogP contribution is 2.37. The number of aromatic amines is 1. The molecule has 8 rings (SSSR count). The number of benzene rings is 5. The Morgan fingerprint density at radius 1 is 0.579 bits per heavy atom. The number of H-pyrrole nitrogens is 1. The number of carbonyl (C=O) groups excluding carboxylic acids is 3.